The van der Waals surface area contributed by atoms with Crippen molar-refractivity contribution >= 4 is 22.7 Å². The van der Waals surface area contributed by atoms with Crippen LogP contribution < -0.4 is 4.90 Å². The number of piperazine rings is 1. The van der Waals surface area contributed by atoms with Gasteiger partial charge in [-0.25, -0.2) is 14.8 Å². The molecule has 0 atom stereocenters. The first-order valence-corrected chi connectivity index (χ1v) is 7.85. The quantitative estimate of drug-likeness (QED) is 0.810. The molecule has 1 aromatic carbocycles. The van der Waals surface area contributed by atoms with Crippen molar-refractivity contribution in [3.05, 3.63) is 30.7 Å². The topological polar surface area (TPSA) is 58.6 Å². The van der Waals surface area contributed by atoms with Gasteiger partial charge in [-0.1, -0.05) is 0 Å². The number of hydrogen-bond acceptors (Lipinski definition) is 5. The fourth-order valence-electron chi connectivity index (χ4n) is 2.64. The van der Waals surface area contributed by atoms with Gasteiger partial charge in [-0.3, -0.25) is 0 Å². The summed E-state index contributed by atoms with van der Waals surface area (Å²) in [6, 6.07) is 6.17. The molecule has 2 aromatic rings. The maximum absolute atomic E-state index is 12.1. The number of ether oxygens (including phenoxy) is 1. The Labute approximate surface area is 136 Å². The van der Waals surface area contributed by atoms with Crippen LogP contribution in [-0.2, 0) is 4.74 Å². The van der Waals surface area contributed by atoms with Gasteiger partial charge in [0, 0.05) is 43.4 Å². The normalized spacial score (nSPS) is 15.8. The Kier molecular flexibility index (Phi) is 4.07. The molecule has 1 aliphatic rings. The molecule has 0 aliphatic carbocycles. The second kappa shape index (κ2) is 6.02. The third-order valence-corrected chi connectivity index (χ3v) is 3.78. The van der Waals surface area contributed by atoms with Crippen molar-refractivity contribution in [2.24, 2.45) is 0 Å². The Hall–Kier alpha value is -2.37. The van der Waals surface area contributed by atoms with Crippen molar-refractivity contribution in [2.45, 2.75) is 26.4 Å². The lowest BCUT2D eigenvalue weighted by Crippen LogP contribution is -2.50. The van der Waals surface area contributed by atoms with Crippen molar-refractivity contribution in [1.82, 2.24) is 14.9 Å². The predicted molar refractivity (Wildman–Crippen MR) is 89.6 cm³/mol. The zero-order valence-corrected chi connectivity index (χ0v) is 13.8. The second-order valence-electron chi connectivity index (χ2n) is 6.72. The molecule has 23 heavy (non-hydrogen) atoms. The van der Waals surface area contributed by atoms with Gasteiger partial charge in [-0.15, -0.1) is 0 Å². The average molecular weight is 314 g/mol. The number of benzene rings is 1. The molecule has 1 aliphatic heterocycles. The van der Waals surface area contributed by atoms with Crippen LogP contribution in [0.15, 0.2) is 30.7 Å². The molecule has 0 saturated carbocycles. The molecule has 0 unspecified atom stereocenters. The van der Waals surface area contributed by atoms with Crippen LogP contribution in [-0.4, -0.2) is 52.7 Å². The van der Waals surface area contributed by atoms with E-state index >= 15 is 0 Å². The molecule has 0 spiro atoms. The van der Waals surface area contributed by atoms with E-state index in [0.717, 1.165) is 29.7 Å². The molecule has 0 bridgehead atoms. The summed E-state index contributed by atoms with van der Waals surface area (Å²) in [7, 11) is 0. The lowest BCUT2D eigenvalue weighted by molar-refractivity contribution is 0.0240. The average Bonchev–Trinajstić information content (AvgIpc) is 2.53. The highest BCUT2D eigenvalue weighted by atomic mass is 16.6. The molecule has 0 radical (unpaired) electrons. The summed E-state index contributed by atoms with van der Waals surface area (Å²) in [5.41, 5.74) is 1.62. The molecule has 6 heteroatoms. The first-order valence-electron chi connectivity index (χ1n) is 7.85. The number of amides is 1. The van der Waals surface area contributed by atoms with Crippen LogP contribution in [0.3, 0.4) is 0 Å². The van der Waals surface area contributed by atoms with Crippen LogP contribution in [0.2, 0.25) is 0 Å². The van der Waals surface area contributed by atoms with Gasteiger partial charge in [0.1, 0.15) is 11.9 Å². The molecule has 0 N–H and O–H groups in total. The van der Waals surface area contributed by atoms with E-state index in [-0.39, 0.29) is 6.09 Å². The zero-order valence-electron chi connectivity index (χ0n) is 13.8. The van der Waals surface area contributed by atoms with Gasteiger partial charge in [0.2, 0.25) is 0 Å². The molecule has 2 heterocycles. The summed E-state index contributed by atoms with van der Waals surface area (Å²) in [6.45, 7) is 8.57. The van der Waals surface area contributed by atoms with E-state index in [1.54, 1.807) is 11.2 Å². The summed E-state index contributed by atoms with van der Waals surface area (Å²) in [6.07, 6.45) is 3.15. The van der Waals surface area contributed by atoms with E-state index in [1.165, 1.54) is 0 Å². The Morgan fingerprint density at radius 3 is 2.61 bits per heavy atom. The number of nitrogens with zero attached hydrogens (tertiary/aromatic N) is 4. The number of hydrogen-bond donors (Lipinski definition) is 0. The summed E-state index contributed by atoms with van der Waals surface area (Å²) >= 11 is 0. The maximum atomic E-state index is 12.1. The number of rotatable bonds is 1. The highest BCUT2D eigenvalue weighted by Gasteiger charge is 2.25. The smallest absolute Gasteiger partial charge is 0.410 e. The van der Waals surface area contributed by atoms with Crippen LogP contribution in [0.25, 0.3) is 10.9 Å². The van der Waals surface area contributed by atoms with Gasteiger partial charge >= 0.3 is 6.09 Å². The lowest BCUT2D eigenvalue weighted by Gasteiger charge is -2.36. The Morgan fingerprint density at radius 1 is 1.17 bits per heavy atom. The van der Waals surface area contributed by atoms with Gasteiger partial charge in [0.25, 0.3) is 0 Å². The monoisotopic (exact) mass is 314 g/mol. The number of fused-ring (bicyclic) bond motifs is 1. The van der Waals surface area contributed by atoms with E-state index in [2.05, 4.69) is 27.0 Å². The van der Waals surface area contributed by atoms with Crippen LogP contribution in [0, 0.1) is 0 Å². The van der Waals surface area contributed by atoms with Gasteiger partial charge in [-0.2, -0.15) is 0 Å². The molecular weight excluding hydrogens is 292 g/mol. The first kappa shape index (κ1) is 15.5. The summed E-state index contributed by atoms with van der Waals surface area (Å²) < 4.78 is 5.43. The second-order valence-corrected chi connectivity index (χ2v) is 6.72. The molecule has 122 valence electrons. The fraction of sp³-hybridized carbons (Fsp3) is 0.471. The van der Waals surface area contributed by atoms with Crippen LogP contribution in [0.5, 0.6) is 0 Å². The van der Waals surface area contributed by atoms with E-state index in [0.29, 0.717) is 13.1 Å². The number of carbonyl (C=O) groups is 1. The highest BCUT2D eigenvalue weighted by Crippen LogP contribution is 2.22. The highest BCUT2D eigenvalue weighted by molar-refractivity contribution is 5.81. The third kappa shape index (κ3) is 3.70. The van der Waals surface area contributed by atoms with Gasteiger partial charge < -0.3 is 14.5 Å². The maximum Gasteiger partial charge on any atom is 0.410 e. The standard InChI is InChI=1S/C17H22N4O2/c1-17(2,3)23-16(22)21-8-6-20(7-9-21)14-4-5-15-13(10-14)11-18-12-19-15/h4-5,10-12H,6-9H2,1-3H3. The summed E-state index contributed by atoms with van der Waals surface area (Å²) in [4.78, 5) is 24.4. The predicted octanol–water partition coefficient (Wildman–Crippen LogP) is 2.69. The van der Waals surface area contributed by atoms with Gasteiger partial charge in [-0.05, 0) is 39.0 Å². The molecule has 6 nitrogen and oxygen atoms in total. The Balaban J connectivity index is 1.65. The zero-order chi connectivity index (χ0) is 16.4. The van der Waals surface area contributed by atoms with E-state index < -0.39 is 5.60 Å². The Bertz CT molecular complexity index is 703. The minimum Gasteiger partial charge on any atom is -0.444 e. The third-order valence-electron chi connectivity index (χ3n) is 3.78. The van der Waals surface area contributed by atoms with Crippen LogP contribution in [0.1, 0.15) is 20.8 Å². The minimum atomic E-state index is -0.452. The molecule has 1 aromatic heterocycles. The van der Waals surface area contributed by atoms with E-state index in [9.17, 15) is 4.79 Å². The number of carbonyl (C=O) groups excluding carboxylic acids is 1. The SMILES string of the molecule is CC(C)(C)OC(=O)N1CCN(c2ccc3ncncc3c2)CC1. The lowest BCUT2D eigenvalue weighted by atomic mass is 10.2. The van der Waals surface area contributed by atoms with E-state index in [1.807, 2.05) is 33.0 Å². The van der Waals surface area contributed by atoms with Crippen molar-refractivity contribution in [3.63, 3.8) is 0 Å². The Morgan fingerprint density at radius 2 is 1.91 bits per heavy atom. The fourth-order valence-corrected chi connectivity index (χ4v) is 2.64. The summed E-state index contributed by atoms with van der Waals surface area (Å²) in [5.74, 6) is 0. The molecule has 1 amide bonds. The molecule has 1 saturated heterocycles. The first-order chi connectivity index (χ1) is 10.9. The van der Waals surface area contributed by atoms with Crippen molar-refractivity contribution < 1.29 is 9.53 Å². The van der Waals surface area contributed by atoms with E-state index in [4.69, 9.17) is 4.74 Å². The largest absolute Gasteiger partial charge is 0.444 e. The number of aromatic nitrogens is 2. The number of anilines is 1. The van der Waals surface area contributed by atoms with Crippen LogP contribution >= 0.6 is 0 Å². The molecule has 3 rings (SSSR count). The summed E-state index contributed by atoms with van der Waals surface area (Å²) in [5, 5.41) is 1.03. The minimum absolute atomic E-state index is 0.232. The van der Waals surface area contributed by atoms with Gasteiger partial charge in [0.15, 0.2) is 0 Å². The van der Waals surface area contributed by atoms with Crippen molar-refractivity contribution in [2.75, 3.05) is 31.1 Å². The van der Waals surface area contributed by atoms with Gasteiger partial charge in [0.05, 0.1) is 5.52 Å². The van der Waals surface area contributed by atoms with Crippen molar-refractivity contribution in [3.8, 4) is 0 Å². The molecule has 1 fully saturated rings. The molecular formula is C17H22N4O2. The van der Waals surface area contributed by atoms with Crippen molar-refractivity contribution in [1.29, 1.82) is 0 Å². The van der Waals surface area contributed by atoms with Crippen LogP contribution in [0.4, 0.5) is 10.5 Å².